The van der Waals surface area contributed by atoms with E-state index in [1.54, 1.807) is 7.05 Å². The highest BCUT2D eigenvalue weighted by Gasteiger charge is 2.23. The highest BCUT2D eigenvalue weighted by Crippen LogP contribution is 2.42. The number of benzene rings is 3. The van der Waals surface area contributed by atoms with Gasteiger partial charge in [-0.1, -0.05) is 74.0 Å². The maximum absolute atomic E-state index is 13.2. The van der Waals surface area contributed by atoms with Gasteiger partial charge in [-0.3, -0.25) is 9.69 Å². The van der Waals surface area contributed by atoms with Crippen LogP contribution in [0.3, 0.4) is 0 Å². The summed E-state index contributed by atoms with van der Waals surface area (Å²) in [5.41, 5.74) is 3.83. The lowest BCUT2D eigenvalue weighted by atomic mass is 9.97. The van der Waals surface area contributed by atoms with E-state index >= 15 is 0 Å². The zero-order valence-electron chi connectivity index (χ0n) is 19.1. The van der Waals surface area contributed by atoms with Crippen molar-refractivity contribution in [2.45, 2.75) is 32.6 Å². The van der Waals surface area contributed by atoms with E-state index < -0.39 is 5.97 Å². The highest BCUT2D eigenvalue weighted by molar-refractivity contribution is 6.04. The first-order chi connectivity index (χ1) is 16.0. The number of rotatable bonds is 10. The molecule has 6 nitrogen and oxygen atoms in total. The zero-order chi connectivity index (χ0) is 23.6. The molecule has 0 fully saturated rings. The van der Waals surface area contributed by atoms with Gasteiger partial charge in [-0.25, -0.2) is 4.79 Å². The lowest BCUT2D eigenvalue weighted by molar-refractivity contribution is -0.136. The Bertz CT molecular complexity index is 1070. The van der Waals surface area contributed by atoms with E-state index in [2.05, 4.69) is 12.2 Å². The van der Waals surface area contributed by atoms with Crippen LogP contribution in [-0.2, 0) is 11.2 Å². The van der Waals surface area contributed by atoms with Crippen LogP contribution in [0.25, 0.3) is 11.1 Å². The Labute approximate surface area is 194 Å². The van der Waals surface area contributed by atoms with Crippen LogP contribution in [0.15, 0.2) is 72.8 Å². The lowest BCUT2D eigenvalue weighted by Gasteiger charge is -2.26. The molecule has 0 atom stereocenters. The number of hydrogen-bond donors (Lipinski definition) is 2. The molecule has 3 aromatic carbocycles. The van der Waals surface area contributed by atoms with Gasteiger partial charge in [-0.05, 0) is 36.1 Å². The van der Waals surface area contributed by atoms with Gasteiger partial charge in [0.05, 0.1) is 12.3 Å². The second-order valence-electron chi connectivity index (χ2n) is 7.77. The van der Waals surface area contributed by atoms with Crippen LogP contribution in [0.2, 0.25) is 0 Å². The van der Waals surface area contributed by atoms with Crippen LogP contribution in [0, 0.1) is 0 Å². The third-order valence-electron chi connectivity index (χ3n) is 5.32. The van der Waals surface area contributed by atoms with Crippen LogP contribution in [-0.4, -0.2) is 30.8 Å². The maximum atomic E-state index is 13.2. The largest absolute Gasteiger partial charge is 0.491 e. The van der Waals surface area contributed by atoms with Gasteiger partial charge in [-0.2, -0.15) is 0 Å². The summed E-state index contributed by atoms with van der Waals surface area (Å²) in [6.45, 7) is 2.59. The molecule has 0 radical (unpaired) electrons. The fourth-order valence-corrected chi connectivity index (χ4v) is 3.56. The SMILES string of the molecule is CCCCOc1c(-c2ccccc2)ccc(CCC(=O)O)c1N(C)C(=O)Nc1ccccc1. The number of amides is 2. The molecule has 3 aromatic rings. The van der Waals surface area contributed by atoms with E-state index in [4.69, 9.17) is 4.74 Å². The maximum Gasteiger partial charge on any atom is 0.326 e. The minimum Gasteiger partial charge on any atom is -0.491 e. The topological polar surface area (TPSA) is 78.9 Å². The number of carbonyl (C=O) groups excluding carboxylic acids is 1. The first kappa shape index (κ1) is 23.9. The van der Waals surface area contributed by atoms with Gasteiger partial charge in [0.1, 0.15) is 0 Å². The van der Waals surface area contributed by atoms with Crippen LogP contribution in [0.1, 0.15) is 31.7 Å². The minimum absolute atomic E-state index is 0.0414. The number of unbranched alkanes of at least 4 members (excludes halogenated alkanes) is 1. The average Bonchev–Trinajstić information content (AvgIpc) is 2.83. The summed E-state index contributed by atoms with van der Waals surface area (Å²) < 4.78 is 6.26. The summed E-state index contributed by atoms with van der Waals surface area (Å²) in [7, 11) is 1.68. The van der Waals surface area contributed by atoms with Crippen molar-refractivity contribution in [2.24, 2.45) is 0 Å². The number of nitrogens with zero attached hydrogens (tertiary/aromatic N) is 1. The zero-order valence-corrected chi connectivity index (χ0v) is 19.1. The summed E-state index contributed by atoms with van der Waals surface area (Å²) in [4.78, 5) is 26.0. The number of carboxylic acids is 1. The van der Waals surface area contributed by atoms with Gasteiger partial charge in [0, 0.05) is 24.7 Å². The first-order valence-corrected chi connectivity index (χ1v) is 11.2. The smallest absolute Gasteiger partial charge is 0.326 e. The summed E-state index contributed by atoms with van der Waals surface area (Å²) >= 11 is 0. The Morgan fingerprint density at radius 3 is 2.27 bits per heavy atom. The molecule has 0 bridgehead atoms. The van der Waals surface area contributed by atoms with E-state index in [0.717, 1.165) is 29.5 Å². The van der Waals surface area contributed by atoms with Crippen molar-refractivity contribution in [1.82, 2.24) is 0 Å². The van der Waals surface area contributed by atoms with Crippen molar-refractivity contribution in [2.75, 3.05) is 23.9 Å². The third kappa shape index (κ3) is 6.35. The molecule has 6 heteroatoms. The third-order valence-corrected chi connectivity index (χ3v) is 5.32. The summed E-state index contributed by atoms with van der Waals surface area (Å²) in [5.74, 6) is -0.304. The number of hydrogen-bond acceptors (Lipinski definition) is 3. The number of carboxylic acid groups (broad SMARTS) is 1. The minimum atomic E-state index is -0.891. The Kier molecular flexibility index (Phi) is 8.47. The number of para-hydroxylation sites is 1. The molecule has 2 N–H and O–H groups in total. The van der Waals surface area contributed by atoms with Gasteiger partial charge in [-0.15, -0.1) is 0 Å². The molecule has 0 aliphatic heterocycles. The van der Waals surface area contributed by atoms with Crippen molar-refractivity contribution >= 4 is 23.4 Å². The van der Waals surface area contributed by atoms with Crippen molar-refractivity contribution in [1.29, 1.82) is 0 Å². The summed E-state index contributed by atoms with van der Waals surface area (Å²) in [5, 5.41) is 12.2. The lowest BCUT2D eigenvalue weighted by Crippen LogP contribution is -2.32. The molecule has 0 spiro atoms. The molecule has 0 heterocycles. The number of nitrogens with one attached hydrogen (secondary N) is 1. The average molecular weight is 447 g/mol. The first-order valence-electron chi connectivity index (χ1n) is 11.2. The van der Waals surface area contributed by atoms with Gasteiger partial charge >= 0.3 is 12.0 Å². The number of carbonyl (C=O) groups is 2. The fraction of sp³-hybridized carbons (Fsp3) is 0.259. The molecule has 0 saturated carbocycles. The molecule has 0 aromatic heterocycles. The second-order valence-corrected chi connectivity index (χ2v) is 7.77. The molecular formula is C27H30N2O4. The van der Waals surface area contributed by atoms with Gasteiger partial charge < -0.3 is 15.2 Å². The van der Waals surface area contributed by atoms with Crippen LogP contribution < -0.4 is 15.0 Å². The Morgan fingerprint density at radius 1 is 0.970 bits per heavy atom. The molecule has 0 saturated heterocycles. The van der Waals surface area contributed by atoms with E-state index in [1.807, 2.05) is 72.8 Å². The Balaban J connectivity index is 2.08. The monoisotopic (exact) mass is 446 g/mol. The highest BCUT2D eigenvalue weighted by atomic mass is 16.5. The van der Waals surface area contributed by atoms with Crippen molar-refractivity contribution < 1.29 is 19.4 Å². The Hall–Kier alpha value is -3.80. The fourth-order valence-electron chi connectivity index (χ4n) is 3.56. The quantitative estimate of drug-likeness (QED) is 0.363. The van der Waals surface area contributed by atoms with Gasteiger partial charge in [0.2, 0.25) is 0 Å². The number of anilines is 2. The predicted octanol–water partition coefficient (Wildman–Crippen LogP) is 6.22. The van der Waals surface area contributed by atoms with Crippen LogP contribution in [0.4, 0.5) is 16.2 Å². The van der Waals surface area contributed by atoms with Crippen molar-refractivity contribution in [3.63, 3.8) is 0 Å². The normalized spacial score (nSPS) is 10.5. The van der Waals surface area contributed by atoms with Gasteiger partial charge in [0.15, 0.2) is 5.75 Å². The van der Waals surface area contributed by atoms with E-state index in [0.29, 0.717) is 23.7 Å². The van der Waals surface area contributed by atoms with E-state index in [9.17, 15) is 14.7 Å². The van der Waals surface area contributed by atoms with E-state index in [1.165, 1.54) is 4.90 Å². The molecule has 33 heavy (non-hydrogen) atoms. The summed E-state index contributed by atoms with van der Waals surface area (Å²) in [6.07, 6.45) is 2.08. The molecule has 0 unspecified atom stereocenters. The standard InChI is InChI=1S/C27H30N2O4/c1-3-4-19-33-26-23(20-11-7-5-8-12-20)17-15-21(16-18-24(30)31)25(26)29(2)27(32)28-22-13-9-6-10-14-22/h5-15,17H,3-4,16,18-19H2,1-2H3,(H,28,32)(H,30,31). The molecule has 2 amide bonds. The molecule has 0 aliphatic rings. The van der Waals surface area contributed by atoms with Crippen molar-refractivity contribution in [3.8, 4) is 16.9 Å². The number of aryl methyl sites for hydroxylation is 1. The summed E-state index contributed by atoms with van der Waals surface area (Å²) in [6, 6.07) is 22.6. The van der Waals surface area contributed by atoms with Crippen LogP contribution >= 0.6 is 0 Å². The molecule has 3 rings (SSSR count). The number of aliphatic carboxylic acids is 1. The second kappa shape index (κ2) is 11.7. The number of ether oxygens (including phenoxy) is 1. The number of urea groups is 1. The van der Waals surface area contributed by atoms with E-state index in [-0.39, 0.29) is 18.9 Å². The van der Waals surface area contributed by atoms with Crippen molar-refractivity contribution in [3.05, 3.63) is 78.4 Å². The molecule has 172 valence electrons. The Morgan fingerprint density at radius 2 is 1.64 bits per heavy atom. The molecule has 0 aliphatic carbocycles. The van der Waals surface area contributed by atoms with Gasteiger partial charge in [0.25, 0.3) is 0 Å². The van der Waals surface area contributed by atoms with Crippen LogP contribution in [0.5, 0.6) is 5.75 Å². The predicted molar refractivity (Wildman–Crippen MR) is 132 cm³/mol. The molecular weight excluding hydrogens is 416 g/mol.